The van der Waals surface area contributed by atoms with Crippen molar-refractivity contribution in [3.05, 3.63) is 30.3 Å². The van der Waals surface area contributed by atoms with Gasteiger partial charge in [0.1, 0.15) is 5.75 Å². The summed E-state index contributed by atoms with van der Waals surface area (Å²) >= 11 is 0. The first kappa shape index (κ1) is 19.7. The van der Waals surface area contributed by atoms with Gasteiger partial charge in [-0.3, -0.25) is 9.69 Å². The van der Waals surface area contributed by atoms with Crippen molar-refractivity contribution in [1.82, 2.24) is 14.5 Å². The van der Waals surface area contributed by atoms with Crippen molar-refractivity contribution in [3.63, 3.8) is 0 Å². The van der Waals surface area contributed by atoms with E-state index in [0.29, 0.717) is 45.0 Å². The summed E-state index contributed by atoms with van der Waals surface area (Å²) in [5.41, 5.74) is 0. The molecule has 1 aliphatic rings. The number of nitrogens with zero attached hydrogens (tertiary/aromatic N) is 2. The number of amides is 1. The minimum Gasteiger partial charge on any atom is -0.484 e. The smallest absolute Gasteiger partial charge is 0.257 e. The van der Waals surface area contributed by atoms with Crippen LogP contribution >= 0.6 is 0 Å². The minimum absolute atomic E-state index is 0.00950. The van der Waals surface area contributed by atoms with E-state index in [1.165, 1.54) is 0 Å². The minimum atomic E-state index is -3.17. The number of ether oxygens (including phenoxy) is 1. The van der Waals surface area contributed by atoms with Crippen molar-refractivity contribution < 1.29 is 17.9 Å². The van der Waals surface area contributed by atoms with Gasteiger partial charge in [0.25, 0.3) is 5.91 Å². The molecule has 1 aliphatic heterocycles. The summed E-state index contributed by atoms with van der Waals surface area (Å²) < 4.78 is 31.2. The third-order valence-electron chi connectivity index (χ3n) is 4.15. The molecule has 1 heterocycles. The zero-order chi connectivity index (χ0) is 18.3. The van der Waals surface area contributed by atoms with E-state index >= 15 is 0 Å². The highest BCUT2D eigenvalue weighted by atomic mass is 32.2. The Morgan fingerprint density at radius 3 is 2.40 bits per heavy atom. The summed E-state index contributed by atoms with van der Waals surface area (Å²) in [5.74, 6) is 0.505. The molecule has 8 heteroatoms. The maximum absolute atomic E-state index is 12.1. The van der Waals surface area contributed by atoms with E-state index in [2.05, 4.69) is 10.2 Å². The Labute approximate surface area is 150 Å². The number of carbonyl (C=O) groups is 1. The standard InChI is InChI=1S/C17H27N3O4S/c1-15(2)25(22,23)20-12-10-19(11-13-20)9-8-18-17(21)14-24-16-6-4-3-5-7-16/h3-7,15H,8-14H2,1-2H3,(H,18,21). The molecule has 1 saturated heterocycles. The van der Waals surface area contributed by atoms with Gasteiger partial charge in [-0.1, -0.05) is 18.2 Å². The molecule has 0 unspecified atom stereocenters. The fourth-order valence-corrected chi connectivity index (χ4v) is 3.84. The van der Waals surface area contributed by atoms with Crippen molar-refractivity contribution in [2.45, 2.75) is 19.1 Å². The largest absolute Gasteiger partial charge is 0.484 e. The predicted molar refractivity (Wildman–Crippen MR) is 97.0 cm³/mol. The molecule has 1 aromatic rings. The number of sulfonamides is 1. The van der Waals surface area contributed by atoms with Gasteiger partial charge in [-0.05, 0) is 26.0 Å². The number of hydrogen-bond donors (Lipinski definition) is 1. The average molecular weight is 369 g/mol. The van der Waals surface area contributed by atoms with Crippen LogP contribution in [0.1, 0.15) is 13.8 Å². The topological polar surface area (TPSA) is 79.0 Å². The average Bonchev–Trinajstić information content (AvgIpc) is 2.61. The van der Waals surface area contributed by atoms with Crippen LogP contribution in [0.25, 0.3) is 0 Å². The van der Waals surface area contributed by atoms with Gasteiger partial charge in [0.05, 0.1) is 5.25 Å². The fraction of sp³-hybridized carbons (Fsp3) is 0.588. The number of benzene rings is 1. The summed E-state index contributed by atoms with van der Waals surface area (Å²) in [6, 6.07) is 9.20. The lowest BCUT2D eigenvalue weighted by Gasteiger charge is -2.34. The molecule has 140 valence electrons. The second-order valence-corrected chi connectivity index (χ2v) is 8.78. The zero-order valence-electron chi connectivity index (χ0n) is 14.8. The van der Waals surface area contributed by atoms with E-state index < -0.39 is 10.0 Å². The number of rotatable bonds is 8. The van der Waals surface area contributed by atoms with Crippen molar-refractivity contribution in [2.24, 2.45) is 0 Å². The van der Waals surface area contributed by atoms with Gasteiger partial charge in [-0.15, -0.1) is 0 Å². The third kappa shape index (κ3) is 5.98. The van der Waals surface area contributed by atoms with Crippen LogP contribution in [0.5, 0.6) is 5.75 Å². The Kier molecular flexibility index (Phi) is 7.22. The van der Waals surface area contributed by atoms with Gasteiger partial charge in [0.2, 0.25) is 10.0 Å². The van der Waals surface area contributed by atoms with Crippen molar-refractivity contribution in [3.8, 4) is 5.75 Å². The lowest BCUT2D eigenvalue weighted by molar-refractivity contribution is -0.123. The molecule has 0 aromatic heterocycles. The lowest BCUT2D eigenvalue weighted by atomic mass is 10.3. The van der Waals surface area contributed by atoms with Crippen molar-refractivity contribution >= 4 is 15.9 Å². The molecule has 0 saturated carbocycles. The van der Waals surface area contributed by atoms with Gasteiger partial charge in [-0.25, -0.2) is 8.42 Å². The molecule has 7 nitrogen and oxygen atoms in total. The molecule has 1 N–H and O–H groups in total. The van der Waals surface area contributed by atoms with Gasteiger partial charge in [0.15, 0.2) is 6.61 Å². The molecule has 2 rings (SSSR count). The van der Waals surface area contributed by atoms with E-state index in [9.17, 15) is 13.2 Å². The van der Waals surface area contributed by atoms with Crippen LogP contribution in [0.2, 0.25) is 0 Å². The van der Waals surface area contributed by atoms with Crippen LogP contribution < -0.4 is 10.1 Å². The maximum atomic E-state index is 12.1. The van der Waals surface area contributed by atoms with Gasteiger partial charge < -0.3 is 10.1 Å². The van der Waals surface area contributed by atoms with Gasteiger partial charge in [-0.2, -0.15) is 4.31 Å². The summed E-state index contributed by atoms with van der Waals surface area (Å²) in [6.07, 6.45) is 0. The van der Waals surface area contributed by atoms with Crippen molar-refractivity contribution in [1.29, 1.82) is 0 Å². The first-order chi connectivity index (χ1) is 11.9. The zero-order valence-corrected chi connectivity index (χ0v) is 15.7. The van der Waals surface area contributed by atoms with Gasteiger partial charge in [0, 0.05) is 39.3 Å². The van der Waals surface area contributed by atoms with Crippen LogP contribution in [0.3, 0.4) is 0 Å². The fourth-order valence-electron chi connectivity index (χ4n) is 2.58. The summed E-state index contributed by atoms with van der Waals surface area (Å²) in [6.45, 7) is 7.00. The number of carbonyl (C=O) groups excluding carboxylic acids is 1. The number of para-hydroxylation sites is 1. The molecule has 0 bridgehead atoms. The molecule has 1 aromatic carbocycles. The highest BCUT2D eigenvalue weighted by Gasteiger charge is 2.28. The van der Waals surface area contributed by atoms with Crippen LogP contribution in [0.4, 0.5) is 0 Å². The Morgan fingerprint density at radius 1 is 1.16 bits per heavy atom. The second-order valence-electron chi connectivity index (χ2n) is 6.29. The van der Waals surface area contributed by atoms with E-state index in [-0.39, 0.29) is 17.8 Å². The Bertz CT molecular complexity index is 641. The normalized spacial score (nSPS) is 16.8. The number of nitrogens with one attached hydrogen (secondary N) is 1. The monoisotopic (exact) mass is 369 g/mol. The quantitative estimate of drug-likeness (QED) is 0.723. The SMILES string of the molecule is CC(C)S(=O)(=O)N1CCN(CCNC(=O)COc2ccccc2)CC1. The summed E-state index contributed by atoms with van der Waals surface area (Å²) in [5, 5.41) is 2.44. The molecular weight excluding hydrogens is 342 g/mol. The molecule has 0 atom stereocenters. The Morgan fingerprint density at radius 2 is 1.80 bits per heavy atom. The van der Waals surface area contributed by atoms with E-state index in [0.717, 1.165) is 0 Å². The highest BCUT2D eigenvalue weighted by Crippen LogP contribution is 2.12. The van der Waals surface area contributed by atoms with Crippen molar-refractivity contribution in [2.75, 3.05) is 45.9 Å². The van der Waals surface area contributed by atoms with E-state index in [1.54, 1.807) is 30.3 Å². The third-order valence-corrected chi connectivity index (χ3v) is 6.43. The molecular formula is C17H27N3O4S. The first-order valence-electron chi connectivity index (χ1n) is 8.55. The number of piperazine rings is 1. The lowest BCUT2D eigenvalue weighted by Crippen LogP contribution is -2.51. The van der Waals surface area contributed by atoms with Gasteiger partial charge >= 0.3 is 0 Å². The maximum Gasteiger partial charge on any atom is 0.257 e. The molecule has 1 amide bonds. The van der Waals surface area contributed by atoms with E-state index in [1.807, 2.05) is 18.2 Å². The summed E-state index contributed by atoms with van der Waals surface area (Å²) in [4.78, 5) is 13.9. The Balaban J connectivity index is 1.62. The highest BCUT2D eigenvalue weighted by molar-refractivity contribution is 7.89. The Hall–Kier alpha value is -1.64. The molecule has 25 heavy (non-hydrogen) atoms. The molecule has 0 radical (unpaired) electrons. The van der Waals surface area contributed by atoms with E-state index in [4.69, 9.17) is 4.74 Å². The van der Waals surface area contributed by atoms with Crippen LogP contribution in [0.15, 0.2) is 30.3 Å². The van der Waals surface area contributed by atoms with Crippen LogP contribution in [0, 0.1) is 0 Å². The first-order valence-corrected chi connectivity index (χ1v) is 10.1. The molecule has 0 aliphatic carbocycles. The second kappa shape index (κ2) is 9.17. The van der Waals surface area contributed by atoms with Crippen LogP contribution in [-0.4, -0.2) is 74.7 Å². The van der Waals surface area contributed by atoms with Crippen LogP contribution in [-0.2, 0) is 14.8 Å². The molecule has 0 spiro atoms. The predicted octanol–water partition coefficient (Wildman–Crippen LogP) is 0.537. The summed E-state index contributed by atoms with van der Waals surface area (Å²) in [7, 11) is -3.17. The molecule has 1 fully saturated rings. The number of hydrogen-bond acceptors (Lipinski definition) is 5.